The van der Waals surface area contributed by atoms with Crippen molar-refractivity contribution in [2.75, 3.05) is 44.7 Å². The number of hydrogen-bond acceptors (Lipinski definition) is 8. The topological polar surface area (TPSA) is 116 Å². The highest BCUT2D eigenvalue weighted by Crippen LogP contribution is 2.36. The van der Waals surface area contributed by atoms with E-state index in [4.69, 9.17) is 33.2 Å². The first kappa shape index (κ1) is 28.6. The Morgan fingerprint density at radius 2 is 1.76 bits per heavy atom. The summed E-state index contributed by atoms with van der Waals surface area (Å²) in [5.74, 6) is -0.0282. The third-order valence-corrected chi connectivity index (χ3v) is 8.20. The van der Waals surface area contributed by atoms with Crippen LogP contribution in [-0.4, -0.2) is 76.8 Å². The molecule has 3 aromatic rings. The molecule has 2 amide bonds. The smallest absolute Gasteiger partial charge is 0.410 e. The third-order valence-electron chi connectivity index (χ3n) is 7.72. The lowest BCUT2D eigenvalue weighted by Crippen LogP contribution is -2.47. The highest BCUT2D eigenvalue weighted by molar-refractivity contribution is 6.30. The second-order valence-electron chi connectivity index (χ2n) is 10.1. The van der Waals surface area contributed by atoms with Gasteiger partial charge in [-0.1, -0.05) is 35.3 Å². The Morgan fingerprint density at radius 3 is 2.41 bits per heavy atom. The molecule has 4 heterocycles. The van der Waals surface area contributed by atoms with Crippen LogP contribution in [-0.2, 0) is 9.53 Å². The van der Waals surface area contributed by atoms with Gasteiger partial charge in [0.15, 0.2) is 11.5 Å². The van der Waals surface area contributed by atoms with Crippen molar-refractivity contribution in [2.24, 2.45) is 5.92 Å². The zero-order valence-electron chi connectivity index (χ0n) is 22.5. The lowest BCUT2D eigenvalue weighted by atomic mass is 9.90. The predicted octanol–water partition coefficient (Wildman–Crippen LogP) is 4.70. The molecule has 12 heteroatoms. The van der Waals surface area contributed by atoms with Crippen molar-refractivity contribution in [1.29, 1.82) is 5.26 Å². The number of amides is 2. The number of hydrogen-bond donors (Lipinski definition) is 0. The standard InChI is InChI=1S/C29H29Cl2N7O3/c1-41-29(40)38-14-13-36(12-2-3-26(38)19-4-6-20(30)7-5-19)28(39)24-18-37(27-11-9-22(15-32)34-35-27)17-23(24)25-10-8-21(31)16-33-25/h4-11,16,23-24,26H,2-3,12-14,17-18H2,1H3/t23-,24?,26+/m1/s1. The van der Waals surface area contributed by atoms with Gasteiger partial charge >= 0.3 is 6.09 Å². The molecule has 2 fully saturated rings. The largest absolute Gasteiger partial charge is 0.453 e. The maximum absolute atomic E-state index is 14.1. The van der Waals surface area contributed by atoms with Gasteiger partial charge in [0.25, 0.3) is 0 Å². The van der Waals surface area contributed by atoms with E-state index >= 15 is 0 Å². The summed E-state index contributed by atoms with van der Waals surface area (Å²) in [5, 5.41) is 18.4. The van der Waals surface area contributed by atoms with Crippen LogP contribution < -0.4 is 4.90 Å². The van der Waals surface area contributed by atoms with Crippen LogP contribution in [0.4, 0.5) is 10.6 Å². The first-order valence-electron chi connectivity index (χ1n) is 13.4. The van der Waals surface area contributed by atoms with Gasteiger partial charge in [-0.3, -0.25) is 14.7 Å². The number of rotatable bonds is 4. The van der Waals surface area contributed by atoms with Crippen LogP contribution in [0.2, 0.25) is 10.0 Å². The van der Waals surface area contributed by atoms with Crippen LogP contribution in [0.5, 0.6) is 0 Å². The summed E-state index contributed by atoms with van der Waals surface area (Å²) in [6.07, 6.45) is 2.52. The maximum atomic E-state index is 14.1. The van der Waals surface area contributed by atoms with Crippen molar-refractivity contribution in [3.8, 4) is 6.07 Å². The number of benzene rings is 1. The Morgan fingerprint density at radius 1 is 0.976 bits per heavy atom. The molecule has 1 aromatic carbocycles. The fraction of sp³-hybridized carbons (Fsp3) is 0.379. The van der Waals surface area contributed by atoms with Crippen LogP contribution >= 0.6 is 23.2 Å². The summed E-state index contributed by atoms with van der Waals surface area (Å²) in [6, 6.07) is 16.3. The fourth-order valence-electron chi connectivity index (χ4n) is 5.65. The van der Waals surface area contributed by atoms with E-state index in [2.05, 4.69) is 15.2 Å². The zero-order chi connectivity index (χ0) is 28.9. The lowest BCUT2D eigenvalue weighted by molar-refractivity contribution is -0.136. The van der Waals surface area contributed by atoms with Gasteiger partial charge in [-0.25, -0.2) is 4.79 Å². The van der Waals surface area contributed by atoms with E-state index in [9.17, 15) is 9.59 Å². The molecule has 2 aliphatic heterocycles. The molecule has 2 aromatic heterocycles. The van der Waals surface area contributed by atoms with Crippen molar-refractivity contribution in [2.45, 2.75) is 24.8 Å². The van der Waals surface area contributed by atoms with Crippen LogP contribution in [0.25, 0.3) is 0 Å². The number of pyridine rings is 1. The molecular formula is C29H29Cl2N7O3. The van der Waals surface area contributed by atoms with E-state index in [-0.39, 0.29) is 23.6 Å². The second-order valence-corrected chi connectivity index (χ2v) is 11.0. The minimum Gasteiger partial charge on any atom is -0.453 e. The van der Waals surface area contributed by atoms with Crippen LogP contribution in [0.15, 0.2) is 54.7 Å². The molecule has 41 heavy (non-hydrogen) atoms. The van der Waals surface area contributed by atoms with E-state index in [1.165, 1.54) is 7.11 Å². The first-order chi connectivity index (χ1) is 19.9. The van der Waals surface area contributed by atoms with Crippen molar-refractivity contribution >= 4 is 41.0 Å². The van der Waals surface area contributed by atoms with Gasteiger partial charge in [-0.2, -0.15) is 5.26 Å². The highest BCUT2D eigenvalue weighted by Gasteiger charge is 2.42. The molecule has 0 bridgehead atoms. The molecule has 0 radical (unpaired) electrons. The van der Waals surface area contributed by atoms with E-state index in [1.807, 2.05) is 46.2 Å². The Labute approximate surface area is 248 Å². The summed E-state index contributed by atoms with van der Waals surface area (Å²) < 4.78 is 5.12. The van der Waals surface area contributed by atoms with Crippen LogP contribution in [0.3, 0.4) is 0 Å². The zero-order valence-corrected chi connectivity index (χ0v) is 24.0. The van der Waals surface area contributed by atoms with Gasteiger partial charge in [0.1, 0.15) is 6.07 Å². The number of halogens is 2. The number of nitrogens with zero attached hydrogens (tertiary/aromatic N) is 7. The van der Waals surface area contributed by atoms with Gasteiger partial charge in [-0.15, -0.1) is 10.2 Å². The molecule has 2 aliphatic rings. The number of carbonyl (C=O) groups is 2. The summed E-state index contributed by atoms with van der Waals surface area (Å²) >= 11 is 12.2. The number of ether oxygens (including phenoxy) is 1. The second kappa shape index (κ2) is 12.7. The molecule has 0 aliphatic carbocycles. The molecule has 5 rings (SSSR count). The molecule has 2 saturated heterocycles. The third kappa shape index (κ3) is 6.37. The number of aromatic nitrogens is 3. The first-order valence-corrected chi connectivity index (χ1v) is 14.1. The number of methoxy groups -OCH3 is 1. The Kier molecular flexibility index (Phi) is 8.86. The molecule has 3 atom stereocenters. The van der Waals surface area contributed by atoms with Crippen molar-refractivity contribution in [1.82, 2.24) is 25.0 Å². The monoisotopic (exact) mass is 593 g/mol. The van der Waals surface area contributed by atoms with E-state index in [0.29, 0.717) is 61.4 Å². The van der Waals surface area contributed by atoms with Gasteiger partial charge in [-0.05, 0) is 54.8 Å². The number of carbonyl (C=O) groups excluding carboxylic acids is 2. The van der Waals surface area contributed by atoms with E-state index in [1.54, 1.807) is 29.3 Å². The van der Waals surface area contributed by atoms with Crippen LogP contribution in [0, 0.1) is 17.2 Å². The summed E-state index contributed by atoms with van der Waals surface area (Å²) in [4.78, 5) is 37.1. The highest BCUT2D eigenvalue weighted by atomic mass is 35.5. The quantitative estimate of drug-likeness (QED) is 0.427. The van der Waals surface area contributed by atoms with Gasteiger partial charge < -0.3 is 14.5 Å². The number of nitriles is 1. The average Bonchev–Trinajstić information content (AvgIpc) is 3.43. The average molecular weight is 595 g/mol. The Hall–Kier alpha value is -3.94. The molecule has 0 N–H and O–H groups in total. The summed E-state index contributed by atoms with van der Waals surface area (Å²) in [7, 11) is 1.37. The minimum absolute atomic E-state index is 0.00869. The fourth-order valence-corrected chi connectivity index (χ4v) is 5.89. The van der Waals surface area contributed by atoms with Crippen molar-refractivity contribution in [3.05, 3.63) is 81.7 Å². The van der Waals surface area contributed by atoms with E-state index in [0.717, 1.165) is 11.3 Å². The molecule has 0 spiro atoms. The van der Waals surface area contributed by atoms with E-state index < -0.39 is 12.0 Å². The predicted molar refractivity (Wildman–Crippen MR) is 154 cm³/mol. The van der Waals surface area contributed by atoms with Crippen molar-refractivity contribution < 1.29 is 14.3 Å². The summed E-state index contributed by atoms with van der Waals surface area (Å²) in [6.45, 7) is 2.18. The molecular weight excluding hydrogens is 565 g/mol. The van der Waals surface area contributed by atoms with Crippen molar-refractivity contribution in [3.63, 3.8) is 0 Å². The molecule has 0 saturated carbocycles. The Bertz CT molecular complexity index is 1410. The van der Waals surface area contributed by atoms with Gasteiger partial charge in [0, 0.05) is 55.6 Å². The van der Waals surface area contributed by atoms with Crippen LogP contribution in [0.1, 0.15) is 41.8 Å². The Balaban J connectivity index is 1.38. The van der Waals surface area contributed by atoms with Gasteiger partial charge in [0.05, 0.1) is 24.1 Å². The molecule has 10 nitrogen and oxygen atoms in total. The SMILES string of the molecule is COC(=O)N1CCN(C(=O)C2CN(c3ccc(C#N)nn3)C[C@H]2c2ccc(Cl)cn2)CCC[C@H]1c1ccc(Cl)cc1. The summed E-state index contributed by atoms with van der Waals surface area (Å²) in [5.41, 5.74) is 1.97. The minimum atomic E-state index is -0.436. The normalized spacial score (nSPS) is 21.1. The lowest BCUT2D eigenvalue weighted by Gasteiger charge is -2.37. The number of anilines is 1. The maximum Gasteiger partial charge on any atom is 0.410 e. The molecule has 212 valence electrons. The van der Waals surface area contributed by atoms with Gasteiger partial charge in [0.2, 0.25) is 5.91 Å². The molecule has 1 unspecified atom stereocenters.